The number of rotatable bonds is 4. The van der Waals surface area contributed by atoms with Crippen molar-refractivity contribution in [3.63, 3.8) is 0 Å². The zero-order valence-corrected chi connectivity index (χ0v) is 12.2. The first-order valence-corrected chi connectivity index (χ1v) is 7.19. The van der Waals surface area contributed by atoms with Crippen LogP contribution in [-0.2, 0) is 0 Å². The number of nitro groups is 1. The fraction of sp³-hybridized carbons (Fsp3) is 0.462. The number of carbonyl (C=O) groups is 1. The number of halogens is 2. The molecule has 20 heavy (non-hydrogen) atoms. The molecule has 0 atom stereocenters. The van der Waals surface area contributed by atoms with Gasteiger partial charge in [0, 0.05) is 17.7 Å². The van der Waals surface area contributed by atoms with Crippen molar-refractivity contribution in [1.29, 1.82) is 0 Å². The highest BCUT2D eigenvalue weighted by Gasteiger charge is 2.24. The molecule has 108 valence electrons. The van der Waals surface area contributed by atoms with Crippen LogP contribution in [-0.4, -0.2) is 16.2 Å². The molecule has 0 bridgehead atoms. The highest BCUT2D eigenvalue weighted by atomic mass is 35.5. The molecule has 5 nitrogen and oxygen atoms in total. The number of nitrogens with zero attached hydrogens (tertiary/aromatic N) is 1. The molecule has 0 aromatic heterocycles. The smallest absolute Gasteiger partial charge is 0.294 e. The zero-order chi connectivity index (χ0) is 14.7. The Morgan fingerprint density at radius 1 is 1.30 bits per heavy atom. The van der Waals surface area contributed by atoms with Crippen molar-refractivity contribution in [2.45, 2.75) is 38.1 Å². The van der Waals surface area contributed by atoms with E-state index in [0.717, 1.165) is 31.7 Å². The first-order valence-electron chi connectivity index (χ1n) is 6.43. The van der Waals surface area contributed by atoms with Gasteiger partial charge in [-0.25, -0.2) is 0 Å². The number of hydrogen-bond acceptors (Lipinski definition) is 4. The van der Waals surface area contributed by atoms with Gasteiger partial charge in [-0.2, -0.15) is 0 Å². The number of benzene rings is 1. The summed E-state index contributed by atoms with van der Waals surface area (Å²) in [6, 6.07) is 2.69. The SMILES string of the molecule is O=C(Cl)c1cc(Cl)c(NC2CCCCC2)c([N+](=O)[O-])c1. The summed E-state index contributed by atoms with van der Waals surface area (Å²) in [6.45, 7) is 0. The molecule has 0 saturated heterocycles. The summed E-state index contributed by atoms with van der Waals surface area (Å²) in [6.07, 6.45) is 5.31. The lowest BCUT2D eigenvalue weighted by atomic mass is 9.95. The van der Waals surface area contributed by atoms with Crippen molar-refractivity contribution in [2.24, 2.45) is 0 Å². The summed E-state index contributed by atoms with van der Waals surface area (Å²) in [5.41, 5.74) is 0.0786. The third-order valence-corrected chi connectivity index (χ3v) is 3.96. The maximum Gasteiger partial charge on any atom is 0.294 e. The molecule has 1 aromatic rings. The van der Waals surface area contributed by atoms with Crippen LogP contribution in [0.25, 0.3) is 0 Å². The average molecular weight is 317 g/mol. The summed E-state index contributed by atoms with van der Waals surface area (Å²) in [5, 5.41) is 13.7. The van der Waals surface area contributed by atoms with Crippen molar-refractivity contribution < 1.29 is 9.72 Å². The van der Waals surface area contributed by atoms with Gasteiger partial charge in [0.05, 0.1) is 9.95 Å². The van der Waals surface area contributed by atoms with Crippen LogP contribution < -0.4 is 5.32 Å². The molecule has 2 rings (SSSR count). The second-order valence-electron chi connectivity index (χ2n) is 4.86. The van der Waals surface area contributed by atoms with Crippen LogP contribution >= 0.6 is 23.2 Å². The molecule has 0 unspecified atom stereocenters. The van der Waals surface area contributed by atoms with Gasteiger partial charge < -0.3 is 5.32 Å². The van der Waals surface area contributed by atoms with E-state index in [1.165, 1.54) is 12.5 Å². The monoisotopic (exact) mass is 316 g/mol. The Morgan fingerprint density at radius 3 is 2.50 bits per heavy atom. The Bertz CT molecular complexity index is 543. The number of carbonyl (C=O) groups excluding carboxylic acids is 1. The van der Waals surface area contributed by atoms with Gasteiger partial charge in [-0.15, -0.1) is 0 Å². The summed E-state index contributed by atoms with van der Waals surface area (Å²) in [7, 11) is 0. The predicted octanol–water partition coefficient (Wildman–Crippen LogP) is 4.37. The molecule has 0 aliphatic heterocycles. The molecule has 0 radical (unpaired) electrons. The van der Waals surface area contributed by atoms with E-state index in [4.69, 9.17) is 23.2 Å². The van der Waals surface area contributed by atoms with E-state index in [2.05, 4.69) is 5.32 Å². The van der Waals surface area contributed by atoms with Crippen molar-refractivity contribution in [1.82, 2.24) is 0 Å². The minimum atomic E-state index is -0.765. The summed E-state index contributed by atoms with van der Waals surface area (Å²) < 4.78 is 0. The van der Waals surface area contributed by atoms with Gasteiger partial charge in [0.2, 0.25) is 0 Å². The molecule has 1 aromatic carbocycles. The molecular formula is C13H14Cl2N2O3. The number of anilines is 1. The van der Waals surface area contributed by atoms with Crippen LogP contribution in [0.2, 0.25) is 5.02 Å². The van der Waals surface area contributed by atoms with E-state index in [1.807, 2.05) is 0 Å². The molecule has 1 aliphatic rings. The first-order chi connectivity index (χ1) is 9.49. The Hall–Kier alpha value is -1.33. The Kier molecular flexibility index (Phi) is 4.83. The largest absolute Gasteiger partial charge is 0.376 e. The van der Waals surface area contributed by atoms with Crippen LogP contribution in [0, 0.1) is 10.1 Å². The van der Waals surface area contributed by atoms with Crippen LogP contribution in [0.1, 0.15) is 42.5 Å². The molecule has 0 spiro atoms. The standard InChI is InChI=1S/C13H14Cl2N2O3/c14-10-6-8(13(15)18)7-11(17(19)20)12(10)16-9-4-2-1-3-5-9/h6-7,9,16H,1-5H2. The van der Waals surface area contributed by atoms with E-state index < -0.39 is 10.2 Å². The van der Waals surface area contributed by atoms with E-state index in [0.29, 0.717) is 0 Å². The lowest BCUT2D eigenvalue weighted by Crippen LogP contribution is -2.23. The second kappa shape index (κ2) is 6.41. The molecule has 7 heteroatoms. The van der Waals surface area contributed by atoms with Crippen molar-refractivity contribution in [2.75, 3.05) is 5.32 Å². The minimum absolute atomic E-state index is 0.0255. The van der Waals surface area contributed by atoms with Crippen LogP contribution in [0.4, 0.5) is 11.4 Å². The zero-order valence-electron chi connectivity index (χ0n) is 10.7. The molecule has 0 amide bonds. The fourth-order valence-corrected chi connectivity index (χ4v) is 2.82. The topological polar surface area (TPSA) is 72.2 Å². The Balaban J connectivity index is 2.35. The molecule has 0 heterocycles. The lowest BCUT2D eigenvalue weighted by molar-refractivity contribution is -0.384. The summed E-state index contributed by atoms with van der Waals surface area (Å²) in [4.78, 5) is 21.7. The molecule has 1 fully saturated rings. The highest BCUT2D eigenvalue weighted by molar-refractivity contribution is 6.67. The Morgan fingerprint density at radius 2 is 1.95 bits per heavy atom. The normalized spacial score (nSPS) is 15.9. The van der Waals surface area contributed by atoms with E-state index in [9.17, 15) is 14.9 Å². The van der Waals surface area contributed by atoms with E-state index in [1.54, 1.807) is 0 Å². The first kappa shape index (κ1) is 15.1. The summed E-state index contributed by atoms with van der Waals surface area (Å²) in [5.74, 6) is 0. The lowest BCUT2D eigenvalue weighted by Gasteiger charge is -2.24. The summed E-state index contributed by atoms with van der Waals surface area (Å²) >= 11 is 11.4. The van der Waals surface area contributed by atoms with E-state index >= 15 is 0 Å². The van der Waals surface area contributed by atoms with Crippen molar-refractivity contribution in [3.05, 3.63) is 32.8 Å². The van der Waals surface area contributed by atoms with Crippen molar-refractivity contribution in [3.8, 4) is 0 Å². The molecule has 1 saturated carbocycles. The van der Waals surface area contributed by atoms with Gasteiger partial charge in [0.1, 0.15) is 5.69 Å². The van der Waals surface area contributed by atoms with Crippen LogP contribution in [0.15, 0.2) is 12.1 Å². The number of nitrogens with one attached hydrogen (secondary N) is 1. The number of nitro benzene ring substituents is 1. The molecule has 1 N–H and O–H groups in total. The second-order valence-corrected chi connectivity index (χ2v) is 5.61. The Labute approximate surface area is 126 Å². The third kappa shape index (κ3) is 3.41. The predicted molar refractivity (Wildman–Crippen MR) is 78.8 cm³/mol. The molecular weight excluding hydrogens is 303 g/mol. The highest BCUT2D eigenvalue weighted by Crippen LogP contribution is 2.36. The van der Waals surface area contributed by atoms with Gasteiger partial charge in [-0.05, 0) is 30.5 Å². The maximum atomic E-state index is 11.1. The quantitative estimate of drug-likeness (QED) is 0.508. The average Bonchev–Trinajstić information content (AvgIpc) is 2.41. The maximum absolute atomic E-state index is 11.1. The van der Waals surface area contributed by atoms with Crippen molar-refractivity contribution >= 4 is 39.8 Å². The van der Waals surface area contributed by atoms with Gasteiger partial charge in [0.25, 0.3) is 10.9 Å². The van der Waals surface area contributed by atoms with Crippen LogP contribution in [0.3, 0.4) is 0 Å². The van der Waals surface area contributed by atoms with E-state index in [-0.39, 0.29) is 28.0 Å². The molecule has 1 aliphatic carbocycles. The van der Waals surface area contributed by atoms with Crippen LogP contribution in [0.5, 0.6) is 0 Å². The van der Waals surface area contributed by atoms with Gasteiger partial charge >= 0.3 is 0 Å². The third-order valence-electron chi connectivity index (χ3n) is 3.45. The van der Waals surface area contributed by atoms with Gasteiger partial charge in [0.15, 0.2) is 0 Å². The minimum Gasteiger partial charge on any atom is -0.376 e. The van der Waals surface area contributed by atoms with Gasteiger partial charge in [-0.3, -0.25) is 14.9 Å². The fourth-order valence-electron chi connectivity index (χ4n) is 2.44. The number of hydrogen-bond donors (Lipinski definition) is 1. The van der Waals surface area contributed by atoms with Gasteiger partial charge in [-0.1, -0.05) is 30.9 Å².